The maximum absolute atomic E-state index is 12.8. The van der Waals surface area contributed by atoms with Crippen molar-refractivity contribution in [2.75, 3.05) is 31.2 Å². The van der Waals surface area contributed by atoms with Crippen LogP contribution in [0.5, 0.6) is 0 Å². The highest BCUT2D eigenvalue weighted by atomic mass is 16.5. The first-order chi connectivity index (χ1) is 10.7. The second kappa shape index (κ2) is 6.36. The van der Waals surface area contributed by atoms with Gasteiger partial charge in [0.1, 0.15) is 6.04 Å². The van der Waals surface area contributed by atoms with Crippen LogP contribution in [-0.4, -0.2) is 54.4 Å². The summed E-state index contributed by atoms with van der Waals surface area (Å²) in [5.74, 6) is 0.411. The van der Waals surface area contributed by atoms with Crippen molar-refractivity contribution < 1.29 is 19.4 Å². The van der Waals surface area contributed by atoms with Gasteiger partial charge in [0, 0.05) is 18.8 Å². The second-order valence-electron chi connectivity index (χ2n) is 5.81. The number of carbonyl (C=O) groups excluding carboxylic acids is 1. The smallest absolute Gasteiger partial charge is 0.412 e. The Balaban J connectivity index is 1.84. The lowest BCUT2D eigenvalue weighted by molar-refractivity contribution is -0.132. The van der Waals surface area contributed by atoms with E-state index in [0.717, 1.165) is 17.7 Å². The van der Waals surface area contributed by atoms with Crippen LogP contribution in [0.2, 0.25) is 0 Å². The highest BCUT2D eigenvalue weighted by molar-refractivity contribution is 5.96. The predicted molar refractivity (Wildman–Crippen MR) is 80.9 cm³/mol. The third-order valence-electron chi connectivity index (χ3n) is 4.11. The van der Waals surface area contributed by atoms with Crippen molar-refractivity contribution in [3.8, 4) is 0 Å². The molecule has 118 valence electrons. The van der Waals surface area contributed by atoms with E-state index in [9.17, 15) is 14.7 Å². The van der Waals surface area contributed by atoms with E-state index in [0.29, 0.717) is 31.3 Å². The molecule has 22 heavy (non-hydrogen) atoms. The monoisotopic (exact) mass is 304 g/mol. The van der Waals surface area contributed by atoms with E-state index in [1.807, 2.05) is 6.07 Å². The zero-order valence-electron chi connectivity index (χ0n) is 12.4. The lowest BCUT2D eigenvalue weighted by atomic mass is 10.2. The summed E-state index contributed by atoms with van der Waals surface area (Å²) >= 11 is 0. The summed E-state index contributed by atoms with van der Waals surface area (Å²) < 4.78 is 5.49. The SMILES string of the molecule is O=C1[C@H](N(C(=O)O)c2ccccc2)COCCN1CC1CC1. The van der Waals surface area contributed by atoms with Crippen LogP contribution in [0.15, 0.2) is 30.3 Å². The van der Waals surface area contributed by atoms with E-state index in [1.54, 1.807) is 29.2 Å². The maximum atomic E-state index is 12.8. The van der Waals surface area contributed by atoms with Crippen LogP contribution in [0.3, 0.4) is 0 Å². The standard InChI is InChI=1S/C16H20N2O4/c19-15-14(11-22-9-8-17(15)10-12-6-7-12)18(16(20)21)13-4-2-1-3-5-13/h1-5,12,14H,6-11H2,(H,20,21)/t14-/m1/s1. The Kier molecular flexibility index (Phi) is 4.29. The molecule has 1 saturated carbocycles. The summed E-state index contributed by atoms with van der Waals surface area (Å²) in [4.78, 5) is 27.3. The zero-order valence-corrected chi connectivity index (χ0v) is 12.4. The maximum Gasteiger partial charge on any atom is 0.412 e. The summed E-state index contributed by atoms with van der Waals surface area (Å²) in [6, 6.07) is 7.90. The van der Waals surface area contributed by atoms with Gasteiger partial charge in [-0.05, 0) is 30.9 Å². The fraction of sp³-hybridized carbons (Fsp3) is 0.500. The molecule has 1 heterocycles. The van der Waals surface area contributed by atoms with Crippen LogP contribution in [0.4, 0.5) is 10.5 Å². The number of nitrogens with zero attached hydrogens (tertiary/aromatic N) is 2. The van der Waals surface area contributed by atoms with Crippen LogP contribution >= 0.6 is 0 Å². The van der Waals surface area contributed by atoms with Gasteiger partial charge in [-0.15, -0.1) is 0 Å². The Labute approximate surface area is 129 Å². The predicted octanol–water partition coefficient (Wildman–Crippen LogP) is 1.81. The molecular weight excluding hydrogens is 284 g/mol. The third kappa shape index (κ3) is 3.22. The molecule has 1 aromatic carbocycles. The molecule has 1 saturated heterocycles. The first-order valence-electron chi connectivity index (χ1n) is 7.60. The summed E-state index contributed by atoms with van der Waals surface area (Å²) in [7, 11) is 0. The molecule has 1 aliphatic heterocycles. The van der Waals surface area contributed by atoms with Crippen LogP contribution in [0.25, 0.3) is 0 Å². The Morgan fingerprint density at radius 2 is 2.05 bits per heavy atom. The molecule has 0 spiro atoms. The van der Waals surface area contributed by atoms with Crippen LogP contribution in [0.1, 0.15) is 12.8 Å². The van der Waals surface area contributed by atoms with Crippen molar-refractivity contribution in [3.05, 3.63) is 30.3 Å². The molecule has 2 fully saturated rings. The first kappa shape index (κ1) is 14.8. The van der Waals surface area contributed by atoms with E-state index in [4.69, 9.17) is 4.74 Å². The molecule has 2 amide bonds. The largest absolute Gasteiger partial charge is 0.465 e. The van der Waals surface area contributed by atoms with E-state index in [2.05, 4.69) is 0 Å². The minimum atomic E-state index is -1.14. The molecule has 6 nitrogen and oxygen atoms in total. The number of carboxylic acid groups (broad SMARTS) is 1. The van der Waals surface area contributed by atoms with E-state index >= 15 is 0 Å². The number of anilines is 1. The van der Waals surface area contributed by atoms with Gasteiger partial charge in [0.05, 0.1) is 13.2 Å². The lowest BCUT2D eigenvalue weighted by Crippen LogP contribution is -2.52. The molecule has 0 aromatic heterocycles. The Hall–Kier alpha value is -2.08. The van der Waals surface area contributed by atoms with Gasteiger partial charge in [-0.3, -0.25) is 9.69 Å². The number of carbonyl (C=O) groups is 2. The number of hydrogen-bond acceptors (Lipinski definition) is 3. The Morgan fingerprint density at radius 3 is 2.68 bits per heavy atom. The van der Waals surface area contributed by atoms with Crippen molar-refractivity contribution in [3.63, 3.8) is 0 Å². The van der Waals surface area contributed by atoms with Gasteiger partial charge in [-0.2, -0.15) is 0 Å². The molecule has 2 aliphatic rings. The summed E-state index contributed by atoms with van der Waals surface area (Å²) in [6.07, 6.45) is 1.16. The van der Waals surface area contributed by atoms with Crippen LogP contribution < -0.4 is 4.90 Å². The van der Waals surface area contributed by atoms with Crippen molar-refractivity contribution in [2.24, 2.45) is 5.92 Å². The lowest BCUT2D eigenvalue weighted by Gasteiger charge is -2.30. The average Bonchev–Trinajstić information content (AvgIpc) is 3.33. The molecule has 1 N–H and O–H groups in total. The van der Waals surface area contributed by atoms with E-state index < -0.39 is 12.1 Å². The Morgan fingerprint density at radius 1 is 1.32 bits per heavy atom. The second-order valence-corrected chi connectivity index (χ2v) is 5.81. The van der Waals surface area contributed by atoms with Gasteiger partial charge in [0.15, 0.2) is 0 Å². The van der Waals surface area contributed by atoms with E-state index in [-0.39, 0.29) is 12.5 Å². The average molecular weight is 304 g/mol. The minimum absolute atomic E-state index is 0.0984. The molecule has 1 aromatic rings. The molecule has 1 aliphatic carbocycles. The molecule has 1 atom stereocenters. The molecule has 0 unspecified atom stereocenters. The number of para-hydroxylation sites is 1. The fourth-order valence-corrected chi connectivity index (χ4v) is 2.75. The van der Waals surface area contributed by atoms with Crippen molar-refractivity contribution in [1.82, 2.24) is 4.90 Å². The van der Waals surface area contributed by atoms with Crippen molar-refractivity contribution in [1.29, 1.82) is 0 Å². The topological polar surface area (TPSA) is 70.1 Å². The Bertz CT molecular complexity index is 544. The molecule has 6 heteroatoms. The fourth-order valence-electron chi connectivity index (χ4n) is 2.75. The molecule has 0 bridgehead atoms. The van der Waals surface area contributed by atoms with Gasteiger partial charge < -0.3 is 14.7 Å². The zero-order chi connectivity index (χ0) is 15.5. The summed E-state index contributed by atoms with van der Waals surface area (Å²) in [5, 5.41) is 9.57. The molecule has 3 rings (SSSR count). The van der Waals surface area contributed by atoms with Crippen LogP contribution in [-0.2, 0) is 9.53 Å². The number of amides is 2. The van der Waals surface area contributed by atoms with Gasteiger partial charge in [-0.25, -0.2) is 4.79 Å². The first-order valence-corrected chi connectivity index (χ1v) is 7.60. The summed E-state index contributed by atoms with van der Waals surface area (Å²) in [5.41, 5.74) is 0.491. The quantitative estimate of drug-likeness (QED) is 0.921. The van der Waals surface area contributed by atoms with Gasteiger partial charge >= 0.3 is 6.09 Å². The molecule has 0 radical (unpaired) electrons. The number of rotatable bonds is 4. The minimum Gasteiger partial charge on any atom is -0.465 e. The van der Waals surface area contributed by atoms with Crippen molar-refractivity contribution in [2.45, 2.75) is 18.9 Å². The van der Waals surface area contributed by atoms with E-state index in [1.165, 1.54) is 0 Å². The summed E-state index contributed by atoms with van der Waals surface area (Å²) in [6.45, 7) is 1.80. The van der Waals surface area contributed by atoms with Crippen LogP contribution in [0, 0.1) is 5.92 Å². The van der Waals surface area contributed by atoms with Gasteiger partial charge in [0.25, 0.3) is 0 Å². The highest BCUT2D eigenvalue weighted by Gasteiger charge is 2.37. The highest BCUT2D eigenvalue weighted by Crippen LogP contribution is 2.30. The number of ether oxygens (including phenoxy) is 1. The van der Waals surface area contributed by atoms with Gasteiger partial charge in [0.2, 0.25) is 5.91 Å². The number of hydrogen-bond donors (Lipinski definition) is 1. The number of benzene rings is 1. The van der Waals surface area contributed by atoms with Gasteiger partial charge in [-0.1, -0.05) is 18.2 Å². The van der Waals surface area contributed by atoms with Crippen molar-refractivity contribution >= 4 is 17.7 Å². The molecular formula is C16H20N2O4. The third-order valence-corrected chi connectivity index (χ3v) is 4.11. The normalized spacial score (nSPS) is 22.3.